The molecule has 0 bridgehead atoms. The average Bonchev–Trinajstić information content (AvgIpc) is 0.773. The maximum Gasteiger partial charge on any atom is 0.472 e. The van der Waals surface area contributed by atoms with Crippen molar-refractivity contribution in [1.82, 2.24) is 21.3 Å². The zero-order valence-electron chi connectivity index (χ0n) is 81.7. The fraction of sp³-hybridized carbons (Fsp3) is 0.908. The van der Waals surface area contributed by atoms with Crippen molar-refractivity contribution in [3.63, 3.8) is 0 Å². The van der Waals surface area contributed by atoms with E-state index in [1.807, 2.05) is 0 Å². The number of aliphatic hydroxyl groups excluding tert-OH is 18. The minimum absolute atomic E-state index is 0.0255. The summed E-state index contributed by atoms with van der Waals surface area (Å²) >= 11 is 0. The van der Waals surface area contributed by atoms with Crippen LogP contribution in [0.1, 0.15) is 196 Å². The molecule has 4 amide bonds. The molecule has 0 aromatic carbocycles. The quantitative estimate of drug-likeness (QED) is 0.0153. The van der Waals surface area contributed by atoms with Gasteiger partial charge in [-0.05, 0) is 12.8 Å². The third-order valence-electron chi connectivity index (χ3n) is 25.1. The number of carbonyl (C=O) groups excluding carboxylic acids is 6. The summed E-state index contributed by atoms with van der Waals surface area (Å²) < 4.78 is 140. The molecule has 56 nitrogen and oxygen atoms in total. The number of ether oxygens (including phenoxy) is 16. The molecule has 7 aliphatic heterocycles. The molecular weight excluding hydrogens is 1990 g/mol. The van der Waals surface area contributed by atoms with Crippen molar-refractivity contribution in [1.29, 1.82) is 0 Å². The van der Waals surface area contributed by atoms with Crippen molar-refractivity contribution >= 4 is 63.2 Å². The molecule has 0 aliphatic carbocycles. The highest BCUT2D eigenvalue weighted by atomic mass is 31.2. The van der Waals surface area contributed by atoms with Crippen LogP contribution in [0.15, 0.2) is 0 Å². The van der Waals surface area contributed by atoms with E-state index in [4.69, 9.17) is 93.9 Å². The Bertz CT molecular complexity index is 3940. The van der Waals surface area contributed by atoms with Crippen LogP contribution in [0.2, 0.25) is 0 Å². The van der Waals surface area contributed by atoms with Gasteiger partial charge in [0.1, 0.15) is 177 Å². The number of carboxylic acids is 2. The molecule has 7 saturated heterocycles. The number of phosphoric ester groups is 2. The molecule has 7 rings (SSSR count). The van der Waals surface area contributed by atoms with Gasteiger partial charge in [0.25, 0.3) is 0 Å². The number of carbonyl (C=O) groups is 8. The van der Waals surface area contributed by atoms with Crippen LogP contribution in [-0.4, -0.2) is 465 Å². The van der Waals surface area contributed by atoms with E-state index < -0.39 is 369 Å². The third kappa shape index (κ3) is 40.0. The summed E-state index contributed by atoms with van der Waals surface area (Å²) in [6.07, 6.45) is -48.0. The van der Waals surface area contributed by atoms with E-state index in [9.17, 15) is 159 Å². The topological polar surface area (TPSA) is 848 Å². The maximum atomic E-state index is 13.9. The lowest BCUT2D eigenvalue weighted by molar-refractivity contribution is -0.343. The van der Waals surface area contributed by atoms with E-state index in [0.717, 1.165) is 98.3 Å². The number of aliphatic hydroxyl groups is 18. The second kappa shape index (κ2) is 63.4. The highest BCUT2D eigenvalue weighted by Crippen LogP contribution is 2.48. The molecule has 2 unspecified atom stereocenters. The van der Waals surface area contributed by atoms with Crippen LogP contribution in [0, 0.1) is 0 Å². The van der Waals surface area contributed by atoms with E-state index in [-0.39, 0.29) is 12.8 Å². The molecule has 0 aromatic rings. The summed E-state index contributed by atoms with van der Waals surface area (Å²) in [5, 5.41) is 228. The average molecular weight is 2150 g/mol. The number of unbranched alkanes of at least 4 members (excludes halogenated alkanes) is 20. The fourth-order valence-electron chi connectivity index (χ4n) is 17.0. The minimum Gasteiger partial charge on any atom is -0.479 e. The molecule has 26 N–H and O–H groups in total. The highest BCUT2D eigenvalue weighted by Gasteiger charge is 2.58. The van der Waals surface area contributed by atoms with Crippen molar-refractivity contribution in [2.75, 3.05) is 72.7 Å². The standard InChI is InChI=1S/C87H152N4O52P2/c1-7-9-11-13-15-17-19-21-23-25-27-29-56(99)124-34-46(132-57(100)30-28-26-24-22-20-18-16-14-12-10-8-2)35-125-85-74(113)71(110)64(103)50(139-85)36-126-86-75(114)72(111)65(104)51(140-86)37-127-87-76(115)73(112)66(105)53(141-87)39-129-145(122,123)131-41-55-68(107)78(61(91-45(6)98)84(138-55)135-49(33-94)80(118)119)143-82-59(89-43(4)96)70(109)63(102)52(136-82)38-128-144(120,121)130-40-54-67(106)77(60(90-44(5)97)83(137-54)134-48(32-93)79(116)117)142-81-58(88-42(3)95)69(108)62(101)47(31-92)133-81/h46-55,58-78,81-87,92-94,101-115H,7-41H2,1-6H3,(H,88,95)(H,89,96)(H,90,97)(H,91,98)(H,116,117)(H,118,119)(H,120,121)(H,122,123)/t46-,47-,48-,49-,50-,51-,52-,53-,54-,55-,58-,59-,60-,61-,62-,63-,64-,65-,66-,67-,68-,69-,70-,71+,72+,73+,74-,75-,76-,77-,78-,81-,82-,83+,84+,85-,86-,87-/m1/s1. The van der Waals surface area contributed by atoms with Gasteiger partial charge in [0, 0.05) is 40.5 Å². The molecule has 145 heavy (non-hydrogen) atoms. The molecule has 7 fully saturated rings. The molecule has 0 radical (unpaired) electrons. The number of carboxylic acid groups (broad SMARTS) is 2. The lowest BCUT2D eigenvalue weighted by atomic mass is 9.94. The Hall–Kier alpha value is -5.30. The first kappa shape index (κ1) is 127. The zero-order valence-corrected chi connectivity index (χ0v) is 83.5. The predicted molar refractivity (Wildman–Crippen MR) is 481 cm³/mol. The first-order valence-corrected chi connectivity index (χ1v) is 51.9. The van der Waals surface area contributed by atoms with E-state index in [1.165, 1.54) is 57.8 Å². The molecule has 40 atom stereocenters. The Morgan fingerprint density at radius 2 is 0.586 bits per heavy atom. The SMILES string of the molecule is CCCCCCCCCCCCCC(=O)OC[C@H](CO[C@@H]1O[C@H](CO[C@@H]2O[C@H](CO[C@@H]3O[C@H](COP(=O)(O)OC[C@H]4O[C@H](O[C@H](CO)C(=O)O)[C@H](NC(C)=O)[C@@H](O[C@H]5O[C@H](COP(=O)(O)OC[C@H]6O[C@H](O[C@H](CO)C(=O)O)[C@H](NC(C)=O)[C@@H](O[C@H]7O[C@H](CO)[C@@H](O)[C@H](O)[C@H]7NC(C)=O)[C@@H]6O)[C@@H](O)[C@H](O)[C@H]5NC(C)=O)[C@@H]4O)[C@@H](O)[C@H](O)[C@H]3O)[C@@H](O)[C@H](O)[C@H]2O)[C@@H](O)[C@H](O)[C@H]1O)OC(=O)CCCCCCCCCCCCC. The van der Waals surface area contributed by atoms with Crippen LogP contribution in [0.25, 0.3) is 0 Å². The predicted octanol–water partition coefficient (Wildman–Crippen LogP) is -6.65. The number of amides is 4. The van der Waals surface area contributed by atoms with Crippen LogP contribution in [0.4, 0.5) is 0 Å². The second-order valence-corrected chi connectivity index (χ2v) is 39.6. The van der Waals surface area contributed by atoms with Gasteiger partial charge in [-0.15, -0.1) is 0 Å². The molecule has 7 aliphatic rings. The van der Waals surface area contributed by atoms with Gasteiger partial charge in [0.2, 0.25) is 23.6 Å². The van der Waals surface area contributed by atoms with E-state index in [2.05, 4.69) is 35.1 Å². The number of hydrogen-bond acceptors (Lipinski definition) is 48. The summed E-state index contributed by atoms with van der Waals surface area (Å²) in [4.78, 5) is 124. The van der Waals surface area contributed by atoms with Gasteiger partial charge in [-0.1, -0.05) is 142 Å². The van der Waals surface area contributed by atoms with E-state index in [1.54, 1.807) is 0 Å². The monoisotopic (exact) mass is 2150 g/mol. The van der Waals surface area contributed by atoms with Crippen LogP contribution in [-0.2, 0) is 141 Å². The van der Waals surface area contributed by atoms with Crippen LogP contribution >= 0.6 is 15.6 Å². The van der Waals surface area contributed by atoms with Gasteiger partial charge < -0.3 is 209 Å². The smallest absolute Gasteiger partial charge is 0.472 e. The summed E-state index contributed by atoms with van der Waals surface area (Å²) in [5.41, 5.74) is 0. The summed E-state index contributed by atoms with van der Waals surface area (Å²) in [7, 11) is -11.5. The first-order chi connectivity index (χ1) is 68.7. The summed E-state index contributed by atoms with van der Waals surface area (Å²) in [6, 6.07) is -7.78. The second-order valence-electron chi connectivity index (χ2n) is 36.7. The summed E-state index contributed by atoms with van der Waals surface area (Å²) in [6.45, 7) is -4.08. The van der Waals surface area contributed by atoms with E-state index >= 15 is 0 Å². The van der Waals surface area contributed by atoms with Gasteiger partial charge in [0.15, 0.2) is 62.3 Å². The van der Waals surface area contributed by atoms with Crippen LogP contribution in [0.5, 0.6) is 0 Å². The van der Waals surface area contributed by atoms with Crippen molar-refractivity contribution in [2.24, 2.45) is 0 Å². The molecule has 0 aromatic heterocycles. The Morgan fingerprint density at radius 1 is 0.310 bits per heavy atom. The molecule has 0 spiro atoms. The number of nitrogens with one attached hydrogen (secondary N) is 4. The van der Waals surface area contributed by atoms with Crippen LogP contribution < -0.4 is 21.3 Å². The van der Waals surface area contributed by atoms with Crippen LogP contribution in [0.3, 0.4) is 0 Å². The normalized spacial score (nSPS) is 35.5. The lowest BCUT2D eigenvalue weighted by Crippen LogP contribution is -2.70. The maximum absolute atomic E-state index is 13.9. The fourth-order valence-corrected chi connectivity index (χ4v) is 18.5. The van der Waals surface area contributed by atoms with Crippen molar-refractivity contribution in [3.8, 4) is 0 Å². The number of rotatable bonds is 65. The minimum atomic E-state index is -5.76. The Labute approximate surface area is 835 Å². The number of hydrogen-bond donors (Lipinski definition) is 26. The number of esters is 2. The van der Waals surface area contributed by atoms with Crippen molar-refractivity contribution in [3.05, 3.63) is 0 Å². The summed E-state index contributed by atoms with van der Waals surface area (Å²) in [5.74, 6) is -8.84. The van der Waals surface area contributed by atoms with Gasteiger partial charge in [-0.3, -0.25) is 46.9 Å². The van der Waals surface area contributed by atoms with Crippen molar-refractivity contribution < 1.29 is 253 Å². The molecule has 58 heteroatoms. The third-order valence-corrected chi connectivity index (χ3v) is 27.0. The van der Waals surface area contributed by atoms with E-state index in [0.29, 0.717) is 12.8 Å². The van der Waals surface area contributed by atoms with Gasteiger partial charge in [-0.2, -0.15) is 0 Å². The largest absolute Gasteiger partial charge is 0.479 e. The highest BCUT2D eigenvalue weighted by molar-refractivity contribution is 7.47. The first-order valence-electron chi connectivity index (χ1n) is 48.9. The lowest BCUT2D eigenvalue weighted by Gasteiger charge is -2.48. The Morgan fingerprint density at radius 3 is 0.910 bits per heavy atom. The Kier molecular flexibility index (Phi) is 55.3. The van der Waals surface area contributed by atoms with Crippen molar-refractivity contribution in [2.45, 2.75) is 429 Å². The van der Waals surface area contributed by atoms with Gasteiger partial charge in [0.05, 0.1) is 66.1 Å². The molecule has 0 saturated carbocycles. The number of phosphoric acid groups is 2. The molecule has 842 valence electrons. The number of aliphatic carboxylic acids is 2. The van der Waals surface area contributed by atoms with Gasteiger partial charge in [-0.25, -0.2) is 18.7 Å². The molecule has 7 heterocycles. The Balaban J connectivity index is 0.991. The van der Waals surface area contributed by atoms with Gasteiger partial charge >= 0.3 is 39.5 Å². The zero-order chi connectivity index (χ0) is 107. The molecular formula is C87H152N4O52P2.